The van der Waals surface area contributed by atoms with Gasteiger partial charge in [0.25, 0.3) is 0 Å². The lowest BCUT2D eigenvalue weighted by atomic mass is 9.87. The molecule has 2 aromatic carbocycles. The first-order valence-corrected chi connectivity index (χ1v) is 11.2. The van der Waals surface area contributed by atoms with E-state index in [1.807, 2.05) is 6.92 Å². The minimum atomic E-state index is -0.450. The highest BCUT2D eigenvalue weighted by Crippen LogP contribution is 2.38. The molecule has 1 aliphatic rings. The lowest BCUT2D eigenvalue weighted by molar-refractivity contribution is -0.121. The highest BCUT2D eigenvalue weighted by Gasteiger charge is 2.30. The molecule has 0 bridgehead atoms. The third kappa shape index (κ3) is 5.75. The maximum Gasteiger partial charge on any atom is 0.234 e. The Labute approximate surface area is 195 Å². The highest BCUT2D eigenvalue weighted by atomic mass is 35.5. The van der Waals surface area contributed by atoms with Crippen molar-refractivity contribution in [3.05, 3.63) is 63.7 Å². The van der Waals surface area contributed by atoms with E-state index in [0.29, 0.717) is 33.7 Å². The molecule has 0 saturated carbocycles. The van der Waals surface area contributed by atoms with Crippen LogP contribution in [-0.2, 0) is 9.59 Å². The second kappa shape index (κ2) is 10.9. The smallest absolute Gasteiger partial charge is 0.234 e. The zero-order valence-corrected chi connectivity index (χ0v) is 19.2. The van der Waals surface area contributed by atoms with Gasteiger partial charge in [0.2, 0.25) is 11.8 Å². The Morgan fingerprint density at radius 3 is 2.69 bits per heavy atom. The summed E-state index contributed by atoms with van der Waals surface area (Å²) in [6, 6.07) is 14.4. The number of ether oxygens (including phenoxy) is 2. The number of hydrogen-bond donors (Lipinski definition) is 2. The van der Waals surface area contributed by atoms with Gasteiger partial charge in [0, 0.05) is 18.0 Å². The van der Waals surface area contributed by atoms with Crippen molar-refractivity contribution in [1.29, 1.82) is 5.26 Å². The average molecular weight is 472 g/mol. The first kappa shape index (κ1) is 23.5. The number of nitrogens with zero attached hydrogens (tertiary/aromatic N) is 1. The number of carbonyl (C=O) groups excluding carboxylic acids is 2. The van der Waals surface area contributed by atoms with Gasteiger partial charge in [0.05, 0.1) is 41.2 Å². The van der Waals surface area contributed by atoms with E-state index in [2.05, 4.69) is 16.7 Å². The van der Waals surface area contributed by atoms with Crippen molar-refractivity contribution in [2.75, 3.05) is 24.8 Å². The van der Waals surface area contributed by atoms with Crippen LogP contribution in [0.1, 0.15) is 24.8 Å². The molecular formula is C23H22ClN3O4S. The van der Waals surface area contributed by atoms with Crippen molar-refractivity contribution in [3.8, 4) is 17.6 Å². The molecule has 9 heteroatoms. The van der Waals surface area contributed by atoms with E-state index >= 15 is 0 Å². The quantitative estimate of drug-likeness (QED) is 0.589. The number of hydrogen-bond acceptors (Lipinski definition) is 6. The summed E-state index contributed by atoms with van der Waals surface area (Å²) in [4.78, 5) is 24.7. The van der Waals surface area contributed by atoms with Crippen molar-refractivity contribution in [3.63, 3.8) is 0 Å². The number of nitrogens with one attached hydrogen (secondary N) is 2. The third-order valence-electron chi connectivity index (χ3n) is 4.73. The van der Waals surface area contributed by atoms with Crippen LogP contribution in [0.2, 0.25) is 5.02 Å². The average Bonchev–Trinajstić information content (AvgIpc) is 2.78. The molecule has 0 aliphatic carbocycles. The Balaban J connectivity index is 1.72. The Morgan fingerprint density at radius 1 is 1.31 bits per heavy atom. The van der Waals surface area contributed by atoms with E-state index in [1.165, 1.54) is 7.11 Å². The molecule has 0 saturated heterocycles. The molecule has 166 valence electrons. The second-order valence-corrected chi connectivity index (χ2v) is 8.24. The van der Waals surface area contributed by atoms with Gasteiger partial charge in [-0.25, -0.2) is 0 Å². The van der Waals surface area contributed by atoms with Crippen molar-refractivity contribution in [1.82, 2.24) is 5.32 Å². The lowest BCUT2D eigenvalue weighted by Gasteiger charge is -2.25. The maximum absolute atomic E-state index is 12.4. The van der Waals surface area contributed by atoms with Gasteiger partial charge in [-0.2, -0.15) is 5.26 Å². The van der Waals surface area contributed by atoms with Crippen LogP contribution < -0.4 is 20.1 Å². The molecule has 1 atom stereocenters. The molecule has 0 radical (unpaired) electrons. The summed E-state index contributed by atoms with van der Waals surface area (Å²) in [5.41, 5.74) is 1.76. The number of amides is 2. The number of methoxy groups -OCH3 is 1. The molecule has 0 fully saturated rings. The van der Waals surface area contributed by atoms with Gasteiger partial charge >= 0.3 is 0 Å². The van der Waals surface area contributed by atoms with E-state index in [1.54, 1.807) is 42.5 Å². The van der Waals surface area contributed by atoms with E-state index < -0.39 is 5.92 Å². The van der Waals surface area contributed by atoms with Gasteiger partial charge in [-0.3, -0.25) is 9.59 Å². The van der Waals surface area contributed by atoms with Crippen molar-refractivity contribution in [2.24, 2.45) is 0 Å². The molecule has 0 spiro atoms. The third-order valence-corrected chi connectivity index (χ3v) is 6.04. The van der Waals surface area contributed by atoms with E-state index in [9.17, 15) is 14.9 Å². The molecule has 0 unspecified atom stereocenters. The van der Waals surface area contributed by atoms with Crippen LogP contribution in [0.15, 0.2) is 53.1 Å². The first-order valence-electron chi connectivity index (χ1n) is 9.88. The zero-order valence-electron chi connectivity index (χ0n) is 17.6. The number of halogens is 1. The normalized spacial score (nSPS) is 15.6. The fraction of sp³-hybridized carbons (Fsp3) is 0.261. The van der Waals surface area contributed by atoms with Gasteiger partial charge in [0.1, 0.15) is 11.5 Å². The van der Waals surface area contributed by atoms with E-state index in [0.717, 1.165) is 23.1 Å². The monoisotopic (exact) mass is 471 g/mol. The van der Waals surface area contributed by atoms with Gasteiger partial charge < -0.3 is 20.1 Å². The number of allylic oxidation sites excluding steroid dienone is 1. The molecule has 1 heterocycles. The number of nitriles is 1. The van der Waals surface area contributed by atoms with Gasteiger partial charge in [-0.1, -0.05) is 29.4 Å². The SMILES string of the molecule is CCOc1ccc(NC(=O)CSC2=C(C#N)[C@H](c3ccc(OC)c(Cl)c3)CC(=O)N2)cc1. The Hall–Kier alpha value is -3.15. The number of thioether (sulfide) groups is 1. The van der Waals surface area contributed by atoms with Crippen molar-refractivity contribution < 1.29 is 19.1 Å². The minimum absolute atomic E-state index is 0.0318. The Bertz CT molecular complexity index is 1080. The zero-order chi connectivity index (χ0) is 23.1. The number of benzene rings is 2. The molecule has 2 aromatic rings. The van der Waals surface area contributed by atoms with Gasteiger partial charge in [0.15, 0.2) is 0 Å². The largest absolute Gasteiger partial charge is 0.495 e. The van der Waals surface area contributed by atoms with Gasteiger partial charge in [-0.05, 0) is 48.9 Å². The van der Waals surface area contributed by atoms with Crippen LogP contribution in [0.5, 0.6) is 11.5 Å². The molecule has 2 N–H and O–H groups in total. The summed E-state index contributed by atoms with van der Waals surface area (Å²) < 4.78 is 10.6. The van der Waals surface area contributed by atoms with Crippen LogP contribution in [0.25, 0.3) is 0 Å². The first-order chi connectivity index (χ1) is 15.4. The lowest BCUT2D eigenvalue weighted by Crippen LogP contribution is -2.31. The van der Waals surface area contributed by atoms with Gasteiger partial charge in [-0.15, -0.1) is 0 Å². The summed E-state index contributed by atoms with van der Waals surface area (Å²) >= 11 is 7.34. The van der Waals surface area contributed by atoms with E-state index in [4.69, 9.17) is 21.1 Å². The van der Waals surface area contributed by atoms with Crippen molar-refractivity contribution in [2.45, 2.75) is 19.3 Å². The summed E-state index contributed by atoms with van der Waals surface area (Å²) in [6.07, 6.45) is 0.119. The number of anilines is 1. The molecule has 0 aromatic heterocycles. The predicted octanol–water partition coefficient (Wildman–Crippen LogP) is 4.46. The summed E-state index contributed by atoms with van der Waals surface area (Å²) in [6.45, 7) is 2.46. The van der Waals surface area contributed by atoms with Crippen LogP contribution in [0, 0.1) is 11.3 Å². The molecule has 7 nitrogen and oxygen atoms in total. The molecule has 1 aliphatic heterocycles. The standard InChI is InChI=1S/C23H22ClN3O4S/c1-3-31-16-7-5-15(6-8-16)26-22(29)13-32-23-18(12-25)17(11-21(28)27-23)14-4-9-20(30-2)19(24)10-14/h4-10,17H,3,11,13H2,1-2H3,(H,26,29)(H,27,28)/t17-/m0/s1. The summed E-state index contributed by atoms with van der Waals surface area (Å²) in [5, 5.41) is 16.1. The minimum Gasteiger partial charge on any atom is -0.495 e. The topological polar surface area (TPSA) is 100 Å². The Morgan fingerprint density at radius 2 is 2.06 bits per heavy atom. The van der Waals surface area contributed by atoms with Crippen LogP contribution in [-0.4, -0.2) is 31.3 Å². The molecular weight excluding hydrogens is 450 g/mol. The Kier molecular flexibility index (Phi) is 8.03. The van der Waals surface area contributed by atoms with Crippen molar-refractivity contribution >= 4 is 40.9 Å². The van der Waals surface area contributed by atoms with Crippen LogP contribution >= 0.6 is 23.4 Å². The number of rotatable bonds is 8. The van der Waals surface area contributed by atoms with Crippen LogP contribution in [0.4, 0.5) is 5.69 Å². The van der Waals surface area contributed by atoms with E-state index in [-0.39, 0.29) is 24.0 Å². The summed E-state index contributed by atoms with van der Waals surface area (Å²) in [7, 11) is 1.52. The fourth-order valence-corrected chi connectivity index (χ4v) is 4.40. The summed E-state index contributed by atoms with van der Waals surface area (Å²) in [5.74, 6) is 0.332. The maximum atomic E-state index is 12.4. The molecule has 3 rings (SSSR count). The molecule has 32 heavy (non-hydrogen) atoms. The number of carbonyl (C=O) groups is 2. The predicted molar refractivity (Wildman–Crippen MR) is 125 cm³/mol. The second-order valence-electron chi connectivity index (χ2n) is 6.85. The fourth-order valence-electron chi connectivity index (χ4n) is 3.25. The molecule has 2 amide bonds. The highest BCUT2D eigenvalue weighted by molar-refractivity contribution is 8.03. The van der Waals surface area contributed by atoms with Crippen LogP contribution in [0.3, 0.4) is 0 Å².